The van der Waals surface area contributed by atoms with Crippen LogP contribution in [-0.2, 0) is 28.7 Å². The van der Waals surface area contributed by atoms with Gasteiger partial charge >= 0.3 is 5.97 Å². The third kappa shape index (κ3) is 3.77. The highest BCUT2D eigenvalue weighted by molar-refractivity contribution is 6.27. The lowest BCUT2D eigenvalue weighted by Crippen LogP contribution is -2.61. The number of carbonyl (C=O) groups excluding carboxylic acids is 5. The summed E-state index contributed by atoms with van der Waals surface area (Å²) < 4.78 is 5.36. The minimum atomic E-state index is -1.70. The molecule has 0 aromatic heterocycles. The van der Waals surface area contributed by atoms with E-state index in [1.807, 2.05) is 0 Å². The fourth-order valence-electron chi connectivity index (χ4n) is 8.19. The van der Waals surface area contributed by atoms with Gasteiger partial charge in [-0.25, -0.2) is 14.6 Å². The molecule has 2 saturated heterocycles. The van der Waals surface area contributed by atoms with Gasteiger partial charge in [0.1, 0.15) is 0 Å². The van der Waals surface area contributed by atoms with Crippen LogP contribution in [0.1, 0.15) is 31.9 Å². The van der Waals surface area contributed by atoms with E-state index in [0.717, 1.165) is 21.9 Å². The molecular weight excluding hydrogens is 588 g/mol. The summed E-state index contributed by atoms with van der Waals surface area (Å²) >= 11 is 0. The van der Waals surface area contributed by atoms with Crippen LogP contribution in [0.15, 0.2) is 47.5 Å². The Labute approximate surface area is 255 Å². The average Bonchev–Trinajstić information content (AvgIpc) is 3.39. The molecule has 2 aromatic carbocycles. The van der Waals surface area contributed by atoms with Gasteiger partial charge in [-0.05, 0) is 39.8 Å². The first-order valence-electron chi connectivity index (χ1n) is 14.3. The van der Waals surface area contributed by atoms with Crippen molar-refractivity contribution < 1.29 is 38.6 Å². The number of nitro benzene ring substituents is 2. The molecule has 2 aliphatic heterocycles. The minimum Gasteiger partial charge on any atom is -0.463 e. The van der Waals surface area contributed by atoms with Crippen LogP contribution >= 0.6 is 0 Å². The first kappa shape index (κ1) is 29.8. The van der Waals surface area contributed by atoms with E-state index in [0.29, 0.717) is 16.7 Å². The average molecular weight is 617 g/mol. The second-order valence-corrected chi connectivity index (χ2v) is 12.1. The number of rotatable bonds is 6. The van der Waals surface area contributed by atoms with Crippen molar-refractivity contribution in [1.82, 2.24) is 0 Å². The number of allylic oxidation sites excluding steroid dienone is 1. The lowest BCUT2D eigenvalue weighted by Gasteiger charge is -2.55. The maximum Gasteiger partial charge on any atom is 0.334 e. The van der Waals surface area contributed by atoms with Gasteiger partial charge in [0.2, 0.25) is 23.6 Å². The lowest BCUT2D eigenvalue weighted by atomic mass is 9.43. The lowest BCUT2D eigenvalue weighted by molar-refractivity contribution is -0.385. The molecule has 0 spiro atoms. The van der Waals surface area contributed by atoms with Crippen LogP contribution in [0.2, 0.25) is 0 Å². The van der Waals surface area contributed by atoms with Crippen LogP contribution in [0, 0.1) is 69.1 Å². The van der Waals surface area contributed by atoms with Gasteiger partial charge < -0.3 is 4.74 Å². The van der Waals surface area contributed by atoms with Crippen molar-refractivity contribution in [2.75, 3.05) is 16.4 Å². The molecule has 7 rings (SSSR count). The van der Waals surface area contributed by atoms with E-state index < -0.39 is 74.4 Å². The van der Waals surface area contributed by atoms with Crippen LogP contribution in [0.4, 0.5) is 22.7 Å². The van der Waals surface area contributed by atoms with Gasteiger partial charge in [-0.15, -0.1) is 0 Å². The Morgan fingerprint density at radius 3 is 1.58 bits per heavy atom. The molecular formula is C31H28N4O10. The highest BCUT2D eigenvalue weighted by Crippen LogP contribution is 2.69. The van der Waals surface area contributed by atoms with Crippen molar-refractivity contribution in [1.29, 1.82) is 0 Å². The number of nitrogens with zero attached hydrogens (tertiary/aromatic N) is 4. The second-order valence-electron chi connectivity index (χ2n) is 12.1. The predicted octanol–water partition coefficient (Wildman–Crippen LogP) is 3.56. The van der Waals surface area contributed by atoms with Crippen molar-refractivity contribution in [3.8, 4) is 0 Å². The zero-order chi connectivity index (χ0) is 32.9. The number of hydrogen-bond donors (Lipinski definition) is 0. The number of imide groups is 2. The molecule has 2 aromatic rings. The van der Waals surface area contributed by atoms with Crippen molar-refractivity contribution in [3.05, 3.63) is 78.9 Å². The Kier molecular flexibility index (Phi) is 6.53. The van der Waals surface area contributed by atoms with Crippen molar-refractivity contribution >= 4 is 52.3 Å². The van der Waals surface area contributed by atoms with Gasteiger partial charge in [-0.3, -0.25) is 39.4 Å². The molecule has 6 atom stereocenters. The largest absolute Gasteiger partial charge is 0.463 e. The third-order valence-corrected chi connectivity index (χ3v) is 9.98. The Balaban J connectivity index is 1.53. The van der Waals surface area contributed by atoms with E-state index in [1.54, 1.807) is 13.8 Å². The number of esters is 1. The molecule has 14 heteroatoms. The number of carbonyl (C=O) groups is 5. The molecule has 3 fully saturated rings. The summed E-state index contributed by atoms with van der Waals surface area (Å²) in [5.41, 5.74) is -1.36. The molecule has 0 N–H and O–H groups in total. The standard InChI is InChI=1S/C31H28N4O10/c1-6-45-30(40)23-15(4)20-21-24(28(38)32(26(21)36)16-9-7-13(2)18(11-16)34(41)42)31(23,5)25-22(20)27(37)33(29(25)39)17-10-8-14(3)19(12-17)35(43)44/h7-12,20-22,24-25H,6H2,1-5H3/t20?,21-,22+,24-,25+,31?. The highest BCUT2D eigenvalue weighted by atomic mass is 16.6. The second kappa shape index (κ2) is 9.87. The number of ether oxygens (including phenoxy) is 1. The van der Waals surface area contributed by atoms with Crippen LogP contribution < -0.4 is 9.80 Å². The fourth-order valence-corrected chi connectivity index (χ4v) is 8.19. The minimum absolute atomic E-state index is 0.0172. The molecule has 5 aliphatic rings. The molecule has 14 nitrogen and oxygen atoms in total. The maximum atomic E-state index is 14.3. The zero-order valence-electron chi connectivity index (χ0n) is 24.9. The Morgan fingerprint density at radius 2 is 1.20 bits per heavy atom. The summed E-state index contributed by atoms with van der Waals surface area (Å²) in [6.07, 6.45) is 0. The van der Waals surface area contributed by atoms with Crippen LogP contribution in [-0.4, -0.2) is 46.1 Å². The quantitative estimate of drug-likeness (QED) is 0.201. The summed E-state index contributed by atoms with van der Waals surface area (Å²) in [7, 11) is 0. The summed E-state index contributed by atoms with van der Waals surface area (Å²) in [4.78, 5) is 94.3. The topological polar surface area (TPSA) is 187 Å². The molecule has 0 radical (unpaired) electrons. The number of nitro groups is 2. The first-order valence-corrected chi connectivity index (χ1v) is 14.3. The summed E-state index contributed by atoms with van der Waals surface area (Å²) in [5, 5.41) is 23.3. The van der Waals surface area contributed by atoms with Crippen molar-refractivity contribution in [2.45, 2.75) is 34.6 Å². The van der Waals surface area contributed by atoms with Gasteiger partial charge in [0, 0.05) is 40.2 Å². The first-order chi connectivity index (χ1) is 21.2. The fraction of sp³-hybridized carbons (Fsp3) is 0.387. The predicted molar refractivity (Wildman–Crippen MR) is 156 cm³/mol. The molecule has 45 heavy (non-hydrogen) atoms. The van der Waals surface area contributed by atoms with Gasteiger partial charge in [0.25, 0.3) is 11.4 Å². The summed E-state index contributed by atoms with van der Waals surface area (Å²) in [6, 6.07) is 7.91. The Hall–Kier alpha value is -5.27. The molecule has 232 valence electrons. The van der Waals surface area contributed by atoms with Crippen LogP contribution in [0.25, 0.3) is 0 Å². The van der Waals surface area contributed by atoms with E-state index in [2.05, 4.69) is 0 Å². The Morgan fingerprint density at radius 1 is 0.778 bits per heavy atom. The van der Waals surface area contributed by atoms with E-state index in [1.165, 1.54) is 45.0 Å². The Bertz CT molecular complexity index is 1720. The van der Waals surface area contributed by atoms with Gasteiger partial charge in [-0.2, -0.15) is 0 Å². The molecule has 4 amide bonds. The van der Waals surface area contributed by atoms with Gasteiger partial charge in [0.05, 0.1) is 51.5 Å². The number of benzene rings is 2. The SMILES string of the molecule is CCOC(=O)C1=C(C)C2[C@H]3C(=O)N(c4ccc(C)c([N+](=O)[O-])c4)C(=O)[C@@H]3C1(C)[C@@H]1C(=O)N(c3ccc(C)c([N+](=O)[O-])c3)C(=O)[C@@H]21. The number of amides is 4. The molecule has 2 unspecified atom stereocenters. The molecule has 3 aliphatic carbocycles. The monoisotopic (exact) mass is 616 g/mol. The van der Waals surface area contributed by atoms with Crippen LogP contribution in [0.5, 0.6) is 0 Å². The normalized spacial score (nSPS) is 28.5. The molecule has 2 bridgehead atoms. The zero-order valence-corrected chi connectivity index (χ0v) is 24.9. The van der Waals surface area contributed by atoms with E-state index in [9.17, 15) is 44.2 Å². The van der Waals surface area contributed by atoms with Crippen molar-refractivity contribution in [3.63, 3.8) is 0 Å². The smallest absolute Gasteiger partial charge is 0.334 e. The number of hydrogen-bond acceptors (Lipinski definition) is 10. The number of anilines is 2. The van der Waals surface area contributed by atoms with E-state index >= 15 is 0 Å². The summed E-state index contributed by atoms with van der Waals surface area (Å²) in [5.74, 6) is -9.64. The maximum absolute atomic E-state index is 14.3. The van der Waals surface area contributed by atoms with E-state index in [4.69, 9.17) is 4.74 Å². The van der Waals surface area contributed by atoms with E-state index in [-0.39, 0.29) is 34.9 Å². The third-order valence-electron chi connectivity index (χ3n) is 9.98. The van der Waals surface area contributed by atoms with Gasteiger partial charge in [-0.1, -0.05) is 24.6 Å². The van der Waals surface area contributed by atoms with Gasteiger partial charge in [0.15, 0.2) is 0 Å². The number of aryl methyl sites for hydroxylation is 2. The van der Waals surface area contributed by atoms with Crippen molar-refractivity contribution in [2.24, 2.45) is 35.0 Å². The summed E-state index contributed by atoms with van der Waals surface area (Å²) in [6.45, 7) is 7.69. The molecule has 1 saturated carbocycles. The van der Waals surface area contributed by atoms with Crippen LogP contribution in [0.3, 0.4) is 0 Å². The molecule has 2 heterocycles. The highest BCUT2D eigenvalue weighted by Gasteiger charge is 2.77.